The number of aromatic nitrogens is 1. The van der Waals surface area contributed by atoms with E-state index in [0.717, 1.165) is 11.1 Å². The third-order valence-corrected chi connectivity index (χ3v) is 6.86. The topological polar surface area (TPSA) is 99.6 Å². The highest BCUT2D eigenvalue weighted by molar-refractivity contribution is 7.92. The van der Waals surface area contributed by atoms with E-state index in [1.54, 1.807) is 54.5 Å². The van der Waals surface area contributed by atoms with E-state index in [-0.39, 0.29) is 27.8 Å². The zero-order valence-electron chi connectivity index (χ0n) is 19.1. The van der Waals surface area contributed by atoms with E-state index in [1.807, 2.05) is 36.4 Å². The van der Waals surface area contributed by atoms with Crippen molar-refractivity contribution in [3.8, 4) is 5.75 Å². The predicted octanol–water partition coefficient (Wildman–Crippen LogP) is 4.74. The van der Waals surface area contributed by atoms with Gasteiger partial charge in [-0.05, 0) is 47.9 Å². The molecule has 0 aliphatic rings. The van der Waals surface area contributed by atoms with Crippen molar-refractivity contribution in [3.63, 3.8) is 0 Å². The SMILES string of the molecule is Cc1ccc(S(=O)(=O)Nc2ccccc2C(=O)N(Cc2ccccc2)Cc2cccnc2)cc1O. The van der Waals surface area contributed by atoms with Crippen LogP contribution >= 0.6 is 0 Å². The fourth-order valence-corrected chi connectivity index (χ4v) is 4.70. The number of carbonyl (C=O) groups is 1. The van der Waals surface area contributed by atoms with Crippen LogP contribution in [0.5, 0.6) is 5.75 Å². The molecular formula is C27H25N3O4S. The summed E-state index contributed by atoms with van der Waals surface area (Å²) < 4.78 is 28.6. The fourth-order valence-electron chi connectivity index (χ4n) is 3.60. The van der Waals surface area contributed by atoms with Gasteiger partial charge in [0.15, 0.2) is 0 Å². The number of hydrogen-bond acceptors (Lipinski definition) is 5. The van der Waals surface area contributed by atoms with E-state index < -0.39 is 10.0 Å². The average molecular weight is 488 g/mol. The van der Waals surface area contributed by atoms with Gasteiger partial charge in [-0.25, -0.2) is 8.42 Å². The summed E-state index contributed by atoms with van der Waals surface area (Å²) in [6.07, 6.45) is 3.36. The third-order valence-electron chi connectivity index (χ3n) is 5.49. The number of phenols is 1. The number of nitrogens with one attached hydrogen (secondary N) is 1. The molecule has 0 spiro atoms. The van der Waals surface area contributed by atoms with E-state index in [9.17, 15) is 18.3 Å². The standard InChI is InChI=1S/C27H25N3O4S/c1-20-13-14-23(16-26(20)31)35(33,34)29-25-12-6-5-11-24(25)27(32)30(18-21-8-3-2-4-9-21)19-22-10-7-15-28-17-22/h2-17,29,31H,18-19H2,1H3. The Morgan fingerprint density at radius 1 is 0.914 bits per heavy atom. The molecule has 0 unspecified atom stereocenters. The summed E-state index contributed by atoms with van der Waals surface area (Å²) in [4.78, 5) is 19.4. The summed E-state index contributed by atoms with van der Waals surface area (Å²) in [7, 11) is -4.04. The molecule has 35 heavy (non-hydrogen) atoms. The predicted molar refractivity (Wildman–Crippen MR) is 134 cm³/mol. The highest BCUT2D eigenvalue weighted by atomic mass is 32.2. The molecule has 1 aromatic heterocycles. The van der Waals surface area contributed by atoms with Gasteiger partial charge in [0.2, 0.25) is 0 Å². The van der Waals surface area contributed by atoms with E-state index in [2.05, 4.69) is 9.71 Å². The van der Waals surface area contributed by atoms with Crippen molar-refractivity contribution in [1.82, 2.24) is 9.88 Å². The zero-order chi connectivity index (χ0) is 24.8. The summed E-state index contributed by atoms with van der Waals surface area (Å²) in [6.45, 7) is 2.31. The Morgan fingerprint density at radius 3 is 2.31 bits per heavy atom. The smallest absolute Gasteiger partial charge is 0.262 e. The van der Waals surface area contributed by atoms with Crippen molar-refractivity contribution < 1.29 is 18.3 Å². The number of phenolic OH excluding ortho intramolecular Hbond substituents is 1. The van der Waals surface area contributed by atoms with Gasteiger partial charge in [0.25, 0.3) is 15.9 Å². The molecule has 178 valence electrons. The monoisotopic (exact) mass is 487 g/mol. The highest BCUT2D eigenvalue weighted by Gasteiger charge is 2.23. The van der Waals surface area contributed by atoms with Gasteiger partial charge in [0, 0.05) is 31.5 Å². The first-order valence-electron chi connectivity index (χ1n) is 11.0. The molecule has 4 aromatic rings. The number of anilines is 1. The maximum atomic E-state index is 13.7. The molecule has 0 bridgehead atoms. The fraction of sp³-hybridized carbons (Fsp3) is 0.111. The third kappa shape index (κ3) is 5.85. The molecule has 7 nitrogen and oxygen atoms in total. The number of aryl methyl sites for hydroxylation is 1. The molecule has 0 fully saturated rings. The lowest BCUT2D eigenvalue weighted by Crippen LogP contribution is -2.31. The van der Waals surface area contributed by atoms with Gasteiger partial charge in [-0.15, -0.1) is 0 Å². The quantitative estimate of drug-likeness (QED) is 0.374. The summed E-state index contributed by atoms with van der Waals surface area (Å²) in [5.74, 6) is -0.453. The van der Waals surface area contributed by atoms with Crippen molar-refractivity contribution in [3.05, 3.63) is 120 Å². The Labute approximate surface area is 204 Å². The first-order valence-corrected chi connectivity index (χ1v) is 12.5. The van der Waals surface area contributed by atoms with Gasteiger partial charge in [-0.3, -0.25) is 14.5 Å². The maximum absolute atomic E-state index is 13.7. The van der Waals surface area contributed by atoms with Crippen LogP contribution in [0.2, 0.25) is 0 Å². The number of amides is 1. The Balaban J connectivity index is 1.66. The molecule has 0 saturated heterocycles. The number of nitrogens with zero attached hydrogens (tertiary/aromatic N) is 2. The van der Waals surface area contributed by atoms with Crippen LogP contribution in [-0.2, 0) is 23.1 Å². The molecule has 0 atom stereocenters. The molecule has 3 aromatic carbocycles. The first-order chi connectivity index (χ1) is 16.8. The van der Waals surface area contributed by atoms with Crippen LogP contribution in [-0.4, -0.2) is 29.3 Å². The van der Waals surface area contributed by atoms with Gasteiger partial charge < -0.3 is 10.0 Å². The lowest BCUT2D eigenvalue weighted by Gasteiger charge is -2.24. The molecule has 8 heteroatoms. The van der Waals surface area contributed by atoms with Crippen LogP contribution < -0.4 is 4.72 Å². The van der Waals surface area contributed by atoms with Crippen molar-refractivity contribution in [2.75, 3.05) is 4.72 Å². The number of pyridine rings is 1. The summed E-state index contributed by atoms with van der Waals surface area (Å²) in [6, 6.07) is 23.9. The Bertz CT molecular complexity index is 1380. The second-order valence-electron chi connectivity index (χ2n) is 8.11. The lowest BCUT2D eigenvalue weighted by atomic mass is 10.1. The normalized spacial score (nSPS) is 11.1. The second-order valence-corrected chi connectivity index (χ2v) is 9.79. The lowest BCUT2D eigenvalue weighted by molar-refractivity contribution is 0.0731. The Kier molecular flexibility index (Phi) is 7.12. The summed E-state index contributed by atoms with van der Waals surface area (Å²) in [5.41, 5.74) is 2.73. The van der Waals surface area contributed by atoms with Gasteiger partial charge in [-0.2, -0.15) is 0 Å². The number of hydrogen-bond donors (Lipinski definition) is 2. The van der Waals surface area contributed by atoms with Crippen LogP contribution in [0.1, 0.15) is 27.0 Å². The molecule has 1 heterocycles. The van der Waals surface area contributed by atoms with Crippen molar-refractivity contribution in [2.24, 2.45) is 0 Å². The van der Waals surface area contributed by atoms with Crippen LogP contribution in [0.25, 0.3) is 0 Å². The second kappa shape index (κ2) is 10.4. The number of rotatable bonds is 8. The summed E-state index contributed by atoms with van der Waals surface area (Å²) >= 11 is 0. The van der Waals surface area contributed by atoms with E-state index in [0.29, 0.717) is 18.7 Å². The number of para-hydroxylation sites is 1. The maximum Gasteiger partial charge on any atom is 0.262 e. The Hall–Kier alpha value is -4.17. The molecule has 4 rings (SSSR count). The van der Waals surface area contributed by atoms with E-state index in [1.165, 1.54) is 18.2 Å². The minimum atomic E-state index is -4.04. The molecule has 0 aliphatic carbocycles. The van der Waals surface area contributed by atoms with E-state index in [4.69, 9.17) is 0 Å². The molecule has 1 amide bonds. The van der Waals surface area contributed by atoms with E-state index >= 15 is 0 Å². The van der Waals surface area contributed by atoms with Gasteiger partial charge in [-0.1, -0.05) is 54.6 Å². The minimum Gasteiger partial charge on any atom is -0.508 e. The molecule has 0 radical (unpaired) electrons. The molecule has 0 aliphatic heterocycles. The number of sulfonamides is 1. The Morgan fingerprint density at radius 2 is 1.60 bits per heavy atom. The first kappa shape index (κ1) is 24.0. The average Bonchev–Trinajstić information content (AvgIpc) is 2.86. The number of aromatic hydroxyl groups is 1. The van der Waals surface area contributed by atoms with Crippen molar-refractivity contribution >= 4 is 21.6 Å². The molecular weight excluding hydrogens is 462 g/mol. The number of benzene rings is 3. The zero-order valence-corrected chi connectivity index (χ0v) is 19.9. The van der Waals surface area contributed by atoms with Crippen molar-refractivity contribution in [2.45, 2.75) is 24.9 Å². The van der Waals surface area contributed by atoms with Gasteiger partial charge >= 0.3 is 0 Å². The number of carbonyl (C=O) groups excluding carboxylic acids is 1. The molecule has 0 saturated carbocycles. The highest BCUT2D eigenvalue weighted by Crippen LogP contribution is 2.26. The van der Waals surface area contributed by atoms with Crippen molar-refractivity contribution in [1.29, 1.82) is 0 Å². The minimum absolute atomic E-state index is 0.0978. The van der Waals surface area contributed by atoms with Crippen LogP contribution in [0.4, 0.5) is 5.69 Å². The largest absolute Gasteiger partial charge is 0.508 e. The van der Waals surface area contributed by atoms with Crippen LogP contribution in [0.15, 0.2) is 102 Å². The van der Waals surface area contributed by atoms with Gasteiger partial charge in [0.05, 0.1) is 16.1 Å². The van der Waals surface area contributed by atoms with Gasteiger partial charge in [0.1, 0.15) is 5.75 Å². The van der Waals surface area contributed by atoms with Crippen LogP contribution in [0, 0.1) is 6.92 Å². The molecule has 2 N–H and O–H groups in total. The van der Waals surface area contributed by atoms with Crippen LogP contribution in [0.3, 0.4) is 0 Å². The summed E-state index contributed by atoms with van der Waals surface area (Å²) in [5, 5.41) is 9.97.